The van der Waals surface area contributed by atoms with E-state index in [4.69, 9.17) is 10.8 Å². The zero-order chi connectivity index (χ0) is 28.9. The lowest BCUT2D eigenvalue weighted by Gasteiger charge is -2.36. The van der Waals surface area contributed by atoms with E-state index in [2.05, 4.69) is 39.2 Å². The molecule has 5 rings (SSSR count). The number of rotatable bonds is 7. The summed E-state index contributed by atoms with van der Waals surface area (Å²) >= 11 is 0. The van der Waals surface area contributed by atoms with Crippen LogP contribution in [-0.2, 0) is 12.7 Å². The first kappa shape index (κ1) is 29.7. The van der Waals surface area contributed by atoms with Crippen LogP contribution in [0.5, 0.6) is 0 Å². The van der Waals surface area contributed by atoms with Crippen molar-refractivity contribution < 1.29 is 13.2 Å². The number of halogens is 3. The van der Waals surface area contributed by atoms with Crippen LogP contribution in [-0.4, -0.2) is 70.4 Å². The summed E-state index contributed by atoms with van der Waals surface area (Å²) in [5, 5.41) is 27.3. The molecule has 11 heteroatoms. The number of pyridine rings is 1. The molecule has 2 fully saturated rings. The molecular weight excluding hydrogens is 517 g/mol. The second-order valence-electron chi connectivity index (χ2n) is 10.6. The highest BCUT2D eigenvalue weighted by molar-refractivity contribution is 5.96. The lowest BCUT2D eigenvalue weighted by molar-refractivity contribution is -0.141. The van der Waals surface area contributed by atoms with Crippen molar-refractivity contribution in [1.82, 2.24) is 30.3 Å². The van der Waals surface area contributed by atoms with Gasteiger partial charge in [0.25, 0.3) is 0 Å². The topological polar surface area (TPSA) is 108 Å². The van der Waals surface area contributed by atoms with Gasteiger partial charge in [0.1, 0.15) is 17.2 Å². The lowest BCUT2D eigenvalue weighted by atomic mass is 9.72. The van der Waals surface area contributed by atoms with Gasteiger partial charge in [0.15, 0.2) is 0 Å². The number of alkyl halides is 3. The third-order valence-corrected chi connectivity index (χ3v) is 7.51. The van der Waals surface area contributed by atoms with Gasteiger partial charge in [-0.3, -0.25) is 20.8 Å². The van der Waals surface area contributed by atoms with Crippen molar-refractivity contribution in [1.29, 1.82) is 10.8 Å². The molecule has 0 spiro atoms. The number of nitrogens with one attached hydrogen (secondary N) is 4. The van der Waals surface area contributed by atoms with Gasteiger partial charge in [0.2, 0.25) is 0 Å². The molecule has 1 aromatic carbocycles. The Morgan fingerprint density at radius 2 is 1.90 bits per heavy atom. The number of aromatic nitrogens is 3. The van der Waals surface area contributed by atoms with E-state index < -0.39 is 11.9 Å². The quantitative estimate of drug-likeness (QED) is 0.215. The molecule has 40 heavy (non-hydrogen) atoms. The normalized spacial score (nSPS) is 17.1. The molecule has 1 saturated heterocycles. The minimum atomic E-state index is -4.58. The first-order valence-corrected chi connectivity index (χ1v) is 14.0. The molecule has 0 amide bonds. The van der Waals surface area contributed by atoms with E-state index >= 15 is 0 Å². The Balaban J connectivity index is 0.00000118. The molecule has 1 unspecified atom stereocenters. The van der Waals surface area contributed by atoms with Gasteiger partial charge in [0, 0.05) is 56.6 Å². The van der Waals surface area contributed by atoms with Crippen molar-refractivity contribution in [3.05, 3.63) is 47.3 Å². The van der Waals surface area contributed by atoms with Gasteiger partial charge in [0.05, 0.1) is 17.5 Å². The molecule has 1 aliphatic carbocycles. The Labute approximate surface area is 233 Å². The Morgan fingerprint density at radius 3 is 2.50 bits per heavy atom. The summed E-state index contributed by atoms with van der Waals surface area (Å²) < 4.78 is 41.6. The minimum Gasteiger partial charge on any atom is -0.324 e. The smallest absolute Gasteiger partial charge is 0.324 e. The zero-order valence-corrected chi connectivity index (χ0v) is 23.4. The Bertz CT molecular complexity index is 1310. The van der Waals surface area contributed by atoms with Gasteiger partial charge >= 0.3 is 6.18 Å². The second kappa shape index (κ2) is 12.9. The van der Waals surface area contributed by atoms with E-state index in [1.165, 1.54) is 11.3 Å². The van der Waals surface area contributed by atoms with E-state index in [0.29, 0.717) is 46.2 Å². The maximum atomic E-state index is 13.9. The van der Waals surface area contributed by atoms with E-state index in [1.807, 2.05) is 24.3 Å². The summed E-state index contributed by atoms with van der Waals surface area (Å²) in [6, 6.07) is 8.66. The molecular formula is C29H39F3N8. The first-order valence-electron chi connectivity index (χ1n) is 14.0. The summed E-state index contributed by atoms with van der Waals surface area (Å²) in [6.07, 6.45) is 0.916. The Kier molecular flexibility index (Phi) is 9.57. The van der Waals surface area contributed by atoms with Crippen molar-refractivity contribution in [2.45, 2.75) is 58.2 Å². The highest BCUT2D eigenvalue weighted by atomic mass is 19.4. The number of amidine groups is 1. The summed E-state index contributed by atoms with van der Waals surface area (Å²) in [5.74, 6) is 0.444. The van der Waals surface area contributed by atoms with Gasteiger partial charge in [-0.05, 0) is 36.5 Å². The SMILES string of the molecule is CCC.CN(C=N)C(=N)C(c1cccc(-c2n[nH]c3c(CN4CCNCC4)nc(C(F)(F)F)cc23)c1)C1CCC1. The van der Waals surface area contributed by atoms with E-state index in [0.717, 1.165) is 63.4 Å². The molecule has 2 aliphatic rings. The predicted octanol–water partition coefficient (Wildman–Crippen LogP) is 5.87. The van der Waals surface area contributed by atoms with Crippen LogP contribution in [0.25, 0.3) is 22.2 Å². The number of hydrogen-bond donors (Lipinski definition) is 4. The van der Waals surface area contributed by atoms with Gasteiger partial charge in [-0.15, -0.1) is 0 Å². The summed E-state index contributed by atoms with van der Waals surface area (Å²) in [7, 11) is 1.69. The van der Waals surface area contributed by atoms with Crippen molar-refractivity contribution >= 4 is 23.1 Å². The molecule has 1 atom stereocenters. The summed E-state index contributed by atoms with van der Waals surface area (Å²) in [4.78, 5) is 7.59. The Hall–Kier alpha value is -3.31. The van der Waals surface area contributed by atoms with Crippen LogP contribution in [0, 0.1) is 16.7 Å². The molecule has 2 aromatic heterocycles. The van der Waals surface area contributed by atoms with Crippen LogP contribution in [0.2, 0.25) is 0 Å². The number of aromatic amines is 1. The molecule has 3 heterocycles. The maximum absolute atomic E-state index is 13.9. The third-order valence-electron chi connectivity index (χ3n) is 7.51. The number of hydrogen-bond acceptors (Lipinski definition) is 6. The minimum absolute atomic E-state index is 0.193. The predicted molar refractivity (Wildman–Crippen MR) is 153 cm³/mol. The van der Waals surface area contributed by atoms with Gasteiger partial charge in [-0.25, -0.2) is 4.98 Å². The highest BCUT2D eigenvalue weighted by Crippen LogP contribution is 2.42. The molecule has 1 aliphatic heterocycles. The maximum Gasteiger partial charge on any atom is 0.433 e. The van der Waals surface area contributed by atoms with Crippen LogP contribution in [0.15, 0.2) is 30.3 Å². The van der Waals surface area contributed by atoms with Crippen molar-refractivity contribution in [2.24, 2.45) is 5.92 Å². The molecule has 1 saturated carbocycles. The van der Waals surface area contributed by atoms with Gasteiger partial charge in [-0.1, -0.05) is 44.9 Å². The largest absolute Gasteiger partial charge is 0.433 e. The number of H-pyrrole nitrogens is 1. The molecule has 8 nitrogen and oxygen atoms in total. The Morgan fingerprint density at radius 1 is 1.20 bits per heavy atom. The fourth-order valence-electron chi connectivity index (χ4n) is 5.24. The number of piperazine rings is 1. The average molecular weight is 557 g/mol. The third kappa shape index (κ3) is 6.52. The van der Waals surface area contributed by atoms with Crippen LogP contribution < -0.4 is 5.32 Å². The standard InChI is InChI=1S/C26H31F3N8.C3H8/c1-36(15-30)25(31)22(16-4-2-5-16)17-6-3-7-18(12-17)23-19-13-21(26(27,28)29)33-20(24(19)35-34-23)14-37-10-8-32-9-11-37;1-3-2/h3,6-7,12-13,15-16,22,30-32H,2,4-5,8-11,14H2,1H3,(H,34,35);3H2,1-2H3. The van der Waals surface area contributed by atoms with Crippen LogP contribution in [0.3, 0.4) is 0 Å². The van der Waals surface area contributed by atoms with Crippen LogP contribution in [0.4, 0.5) is 13.2 Å². The summed E-state index contributed by atoms with van der Waals surface area (Å²) in [6.45, 7) is 7.60. The fourth-order valence-corrected chi connectivity index (χ4v) is 5.24. The van der Waals surface area contributed by atoms with Gasteiger partial charge < -0.3 is 10.2 Å². The van der Waals surface area contributed by atoms with E-state index in [1.54, 1.807) is 7.05 Å². The molecule has 4 N–H and O–H groups in total. The average Bonchev–Trinajstić information content (AvgIpc) is 3.35. The fraction of sp³-hybridized carbons (Fsp3) is 0.517. The zero-order valence-electron chi connectivity index (χ0n) is 23.4. The van der Waals surface area contributed by atoms with Gasteiger partial charge in [-0.2, -0.15) is 18.3 Å². The molecule has 216 valence electrons. The number of benzene rings is 1. The second-order valence-corrected chi connectivity index (χ2v) is 10.6. The number of fused-ring (bicyclic) bond motifs is 1. The number of likely N-dealkylation sites (N-methyl/N-ethyl adjacent to an activating group) is 1. The molecule has 0 bridgehead atoms. The van der Waals surface area contributed by atoms with Crippen molar-refractivity contribution in [3.8, 4) is 11.3 Å². The monoisotopic (exact) mass is 556 g/mol. The van der Waals surface area contributed by atoms with Crippen molar-refractivity contribution in [2.75, 3.05) is 33.2 Å². The number of nitrogens with zero attached hydrogens (tertiary/aromatic N) is 4. The molecule has 0 radical (unpaired) electrons. The van der Waals surface area contributed by atoms with E-state index in [-0.39, 0.29) is 5.92 Å². The van der Waals surface area contributed by atoms with Crippen LogP contribution >= 0.6 is 0 Å². The van der Waals surface area contributed by atoms with Crippen molar-refractivity contribution in [3.63, 3.8) is 0 Å². The first-order chi connectivity index (χ1) is 19.2. The van der Waals surface area contributed by atoms with E-state index in [9.17, 15) is 13.2 Å². The summed E-state index contributed by atoms with van der Waals surface area (Å²) in [5.41, 5.74) is 1.95. The lowest BCUT2D eigenvalue weighted by Crippen LogP contribution is -2.43. The molecule has 3 aromatic rings. The highest BCUT2D eigenvalue weighted by Gasteiger charge is 2.35. The van der Waals surface area contributed by atoms with Crippen LogP contribution in [0.1, 0.15) is 62.4 Å².